The van der Waals surface area contributed by atoms with E-state index in [0.29, 0.717) is 0 Å². The van der Waals surface area contributed by atoms with Crippen molar-refractivity contribution < 1.29 is 0 Å². The van der Waals surface area contributed by atoms with Crippen LogP contribution in [0.3, 0.4) is 0 Å². The molecule has 0 saturated carbocycles. The average Bonchev–Trinajstić information content (AvgIpc) is 3.70. The maximum Gasteiger partial charge on any atom is 0.0720 e. The van der Waals surface area contributed by atoms with Crippen molar-refractivity contribution in [1.29, 1.82) is 0 Å². The normalized spacial score (nSPS) is 14.1. The molecule has 270 valence electrons. The Kier molecular flexibility index (Phi) is 7.50. The van der Waals surface area contributed by atoms with Gasteiger partial charge in [-0.05, 0) is 102 Å². The molecule has 0 heterocycles. The van der Waals surface area contributed by atoms with Crippen molar-refractivity contribution in [2.75, 3.05) is 4.90 Å². The van der Waals surface area contributed by atoms with Gasteiger partial charge in [0.1, 0.15) is 0 Å². The zero-order valence-electron chi connectivity index (χ0n) is 32.2. The lowest BCUT2D eigenvalue weighted by atomic mass is 9.66. The van der Waals surface area contributed by atoms with Crippen LogP contribution in [0.4, 0.5) is 17.1 Å². The summed E-state index contributed by atoms with van der Waals surface area (Å²) in [6.45, 7) is 4.74. The first-order chi connectivity index (χ1) is 28.0. The summed E-state index contributed by atoms with van der Waals surface area (Å²) in [6, 6.07) is 78.9. The highest BCUT2D eigenvalue weighted by atomic mass is 15.1. The minimum absolute atomic E-state index is 0.136. The van der Waals surface area contributed by atoms with Gasteiger partial charge in [0.15, 0.2) is 0 Å². The Labute approximate surface area is 335 Å². The molecule has 0 unspecified atom stereocenters. The van der Waals surface area contributed by atoms with Crippen molar-refractivity contribution in [2.24, 2.45) is 0 Å². The molecule has 0 spiro atoms. The first-order valence-electron chi connectivity index (χ1n) is 20.0. The van der Waals surface area contributed by atoms with Crippen molar-refractivity contribution in [2.45, 2.75) is 24.7 Å². The van der Waals surface area contributed by atoms with Gasteiger partial charge in [-0.2, -0.15) is 0 Å². The molecule has 0 saturated heterocycles. The first kappa shape index (κ1) is 33.4. The molecule has 2 aliphatic rings. The lowest BCUT2D eigenvalue weighted by Crippen LogP contribution is -2.29. The topological polar surface area (TPSA) is 3.24 Å². The second-order valence-electron chi connectivity index (χ2n) is 16.0. The molecule has 9 aromatic rings. The Morgan fingerprint density at radius 1 is 0.368 bits per heavy atom. The van der Waals surface area contributed by atoms with E-state index in [1.165, 1.54) is 77.5 Å². The van der Waals surface area contributed by atoms with Gasteiger partial charge < -0.3 is 4.90 Å². The van der Waals surface area contributed by atoms with Gasteiger partial charge in [0.2, 0.25) is 0 Å². The van der Waals surface area contributed by atoms with E-state index in [0.717, 1.165) is 17.1 Å². The lowest BCUT2D eigenvalue weighted by molar-refractivity contribution is 0.660. The number of anilines is 3. The maximum absolute atomic E-state index is 2.50. The number of nitrogens with zero attached hydrogens (tertiary/aromatic N) is 1. The minimum atomic E-state index is -0.559. The summed E-state index contributed by atoms with van der Waals surface area (Å²) in [4.78, 5) is 2.50. The van der Waals surface area contributed by atoms with Crippen LogP contribution in [0.5, 0.6) is 0 Å². The van der Waals surface area contributed by atoms with E-state index in [9.17, 15) is 0 Å². The molecular formula is C56H41N. The largest absolute Gasteiger partial charge is 0.310 e. The van der Waals surface area contributed by atoms with E-state index in [4.69, 9.17) is 0 Å². The van der Waals surface area contributed by atoms with Gasteiger partial charge in [-0.1, -0.05) is 196 Å². The maximum atomic E-state index is 2.50. The zero-order valence-corrected chi connectivity index (χ0v) is 32.2. The molecule has 0 amide bonds. The highest BCUT2D eigenvalue weighted by molar-refractivity contribution is 6.01. The van der Waals surface area contributed by atoms with Crippen LogP contribution in [0, 0.1) is 0 Å². The molecule has 57 heavy (non-hydrogen) atoms. The first-order valence-corrected chi connectivity index (χ1v) is 20.0. The van der Waals surface area contributed by atoms with Crippen LogP contribution in [0.15, 0.2) is 212 Å². The number of para-hydroxylation sites is 1. The SMILES string of the molecule is CC1(C)c2ccccc2-c2ccc(N(c3ccc4c(c3)C(c3ccccc3)(c3ccccc3)c3c-4ccc4ccccc34)c3ccccc3-c3ccccc3)cc21. The smallest absolute Gasteiger partial charge is 0.0720 e. The monoisotopic (exact) mass is 727 g/mol. The molecule has 0 aliphatic heterocycles. The summed E-state index contributed by atoms with van der Waals surface area (Å²) in [7, 11) is 0. The summed E-state index contributed by atoms with van der Waals surface area (Å²) < 4.78 is 0. The summed E-state index contributed by atoms with van der Waals surface area (Å²) in [5.41, 5.74) is 18.2. The third-order valence-electron chi connectivity index (χ3n) is 12.7. The van der Waals surface area contributed by atoms with Crippen LogP contribution >= 0.6 is 0 Å². The molecule has 0 atom stereocenters. The van der Waals surface area contributed by atoms with Crippen molar-refractivity contribution >= 4 is 27.8 Å². The van der Waals surface area contributed by atoms with Gasteiger partial charge in [0.25, 0.3) is 0 Å². The van der Waals surface area contributed by atoms with Crippen molar-refractivity contribution in [1.82, 2.24) is 0 Å². The lowest BCUT2D eigenvalue weighted by Gasteiger charge is -2.36. The molecule has 1 heteroatoms. The third kappa shape index (κ3) is 4.89. The average molecular weight is 728 g/mol. The Hall–Kier alpha value is -6.96. The van der Waals surface area contributed by atoms with Crippen molar-refractivity contribution in [3.05, 3.63) is 246 Å². The molecule has 0 fully saturated rings. The van der Waals surface area contributed by atoms with Crippen LogP contribution in [0.25, 0.3) is 44.2 Å². The predicted octanol–water partition coefficient (Wildman–Crippen LogP) is 14.6. The van der Waals surface area contributed by atoms with E-state index in [-0.39, 0.29) is 5.41 Å². The Balaban J connectivity index is 1.22. The summed E-state index contributed by atoms with van der Waals surface area (Å²) in [5.74, 6) is 0. The fraction of sp³-hybridized carbons (Fsp3) is 0.0714. The standard InChI is InChI=1S/C56H41N/c1-55(2)50-28-16-14-27-46(50)47-34-31-42(36-51(47)55)57(53-29-17-15-25-44(53)38-18-6-3-7-19-38)43-32-35-48-49-33-30-39-20-12-13-26-45(39)54(49)56(52(48)37-43,40-21-8-4-9-22-40)41-23-10-5-11-24-41/h3-37H,1-2H3. The molecule has 9 aromatic carbocycles. The number of fused-ring (bicyclic) bond motifs is 8. The number of rotatable bonds is 6. The Morgan fingerprint density at radius 3 is 1.58 bits per heavy atom. The highest BCUT2D eigenvalue weighted by Crippen LogP contribution is 2.59. The number of hydrogen-bond donors (Lipinski definition) is 0. The zero-order chi connectivity index (χ0) is 38.1. The molecule has 11 rings (SSSR count). The second kappa shape index (κ2) is 12.8. The van der Waals surface area contributed by atoms with Gasteiger partial charge in [-0.15, -0.1) is 0 Å². The summed E-state index contributed by atoms with van der Waals surface area (Å²) in [6.07, 6.45) is 0. The number of hydrogen-bond acceptors (Lipinski definition) is 1. The van der Waals surface area contributed by atoms with E-state index in [2.05, 4.69) is 231 Å². The molecule has 2 aliphatic carbocycles. The van der Waals surface area contributed by atoms with Gasteiger partial charge >= 0.3 is 0 Å². The van der Waals surface area contributed by atoms with Crippen LogP contribution in [0.1, 0.15) is 47.2 Å². The molecule has 1 nitrogen and oxygen atoms in total. The van der Waals surface area contributed by atoms with Gasteiger partial charge in [0, 0.05) is 22.4 Å². The van der Waals surface area contributed by atoms with Crippen molar-refractivity contribution in [3.63, 3.8) is 0 Å². The quantitative estimate of drug-likeness (QED) is 0.165. The van der Waals surface area contributed by atoms with Crippen LogP contribution in [-0.4, -0.2) is 0 Å². The fourth-order valence-corrected chi connectivity index (χ4v) is 10.2. The molecular weight excluding hydrogens is 687 g/mol. The van der Waals surface area contributed by atoms with E-state index >= 15 is 0 Å². The van der Waals surface area contributed by atoms with E-state index in [1.54, 1.807) is 0 Å². The highest BCUT2D eigenvalue weighted by Gasteiger charge is 2.47. The van der Waals surface area contributed by atoms with Crippen LogP contribution < -0.4 is 4.90 Å². The Bertz CT molecular complexity index is 2940. The molecule has 0 bridgehead atoms. The van der Waals surface area contributed by atoms with Crippen molar-refractivity contribution in [3.8, 4) is 33.4 Å². The molecule has 0 N–H and O–H groups in total. The third-order valence-corrected chi connectivity index (χ3v) is 12.7. The van der Waals surface area contributed by atoms with Gasteiger partial charge in [-0.25, -0.2) is 0 Å². The van der Waals surface area contributed by atoms with Gasteiger partial charge in [-0.3, -0.25) is 0 Å². The minimum Gasteiger partial charge on any atom is -0.310 e. The second-order valence-corrected chi connectivity index (χ2v) is 16.0. The molecule has 0 aromatic heterocycles. The molecule has 0 radical (unpaired) electrons. The number of benzene rings is 9. The Morgan fingerprint density at radius 2 is 0.877 bits per heavy atom. The fourth-order valence-electron chi connectivity index (χ4n) is 10.2. The van der Waals surface area contributed by atoms with Gasteiger partial charge in [0.05, 0.1) is 11.1 Å². The predicted molar refractivity (Wildman–Crippen MR) is 239 cm³/mol. The van der Waals surface area contributed by atoms with E-state index < -0.39 is 5.41 Å². The summed E-state index contributed by atoms with van der Waals surface area (Å²) in [5, 5.41) is 2.54. The van der Waals surface area contributed by atoms with E-state index in [1.807, 2.05) is 0 Å². The van der Waals surface area contributed by atoms with Crippen LogP contribution in [0.2, 0.25) is 0 Å². The summed E-state index contributed by atoms with van der Waals surface area (Å²) >= 11 is 0. The van der Waals surface area contributed by atoms with Crippen LogP contribution in [-0.2, 0) is 10.8 Å².